The van der Waals surface area contributed by atoms with Crippen LogP contribution in [0.3, 0.4) is 0 Å². The third-order valence-corrected chi connectivity index (χ3v) is 3.55. The Hall–Kier alpha value is -1.89. The van der Waals surface area contributed by atoms with Gasteiger partial charge < -0.3 is 0 Å². The summed E-state index contributed by atoms with van der Waals surface area (Å²) in [7, 11) is 0. The topological polar surface area (TPSA) is 12.9 Å². The fourth-order valence-corrected chi connectivity index (χ4v) is 1.92. The zero-order valence-corrected chi connectivity index (χ0v) is 12.2. The summed E-state index contributed by atoms with van der Waals surface area (Å²) >= 11 is 0. The molecular weight excluding hydrogens is 230 g/mol. The Morgan fingerprint density at radius 1 is 1.16 bits per heavy atom. The molecule has 0 aliphatic heterocycles. The van der Waals surface area contributed by atoms with Gasteiger partial charge in [-0.05, 0) is 29.4 Å². The molecule has 0 N–H and O–H groups in total. The van der Waals surface area contributed by atoms with E-state index in [4.69, 9.17) is 0 Å². The van der Waals surface area contributed by atoms with Crippen LogP contribution in [0.5, 0.6) is 0 Å². The third-order valence-electron chi connectivity index (χ3n) is 3.55. The second kappa shape index (κ2) is 5.00. The summed E-state index contributed by atoms with van der Waals surface area (Å²) in [5, 5.41) is 2.36. The molecule has 19 heavy (non-hydrogen) atoms. The highest BCUT2D eigenvalue weighted by Crippen LogP contribution is 2.29. The molecule has 1 nitrogen and oxygen atoms in total. The molecule has 0 saturated heterocycles. The van der Waals surface area contributed by atoms with Gasteiger partial charge in [0, 0.05) is 11.6 Å². The monoisotopic (exact) mass is 251 g/mol. The van der Waals surface area contributed by atoms with E-state index in [2.05, 4.69) is 57.5 Å². The number of hydrogen-bond acceptors (Lipinski definition) is 1. The average Bonchev–Trinajstić information content (AvgIpc) is 2.36. The van der Waals surface area contributed by atoms with E-state index < -0.39 is 0 Å². The Labute approximate surface area is 115 Å². The molecule has 1 aromatic heterocycles. The number of pyridine rings is 1. The maximum Gasteiger partial charge on any atom is 0.0774 e. The minimum atomic E-state index is 0.160. The second-order valence-electron chi connectivity index (χ2n) is 5.98. The second-order valence-corrected chi connectivity index (χ2v) is 5.98. The van der Waals surface area contributed by atoms with Gasteiger partial charge in [-0.2, -0.15) is 0 Å². The van der Waals surface area contributed by atoms with Gasteiger partial charge in [0.25, 0.3) is 0 Å². The van der Waals surface area contributed by atoms with Crippen LogP contribution < -0.4 is 0 Å². The lowest BCUT2D eigenvalue weighted by molar-refractivity contribution is 0.504. The van der Waals surface area contributed by atoms with Crippen LogP contribution in [0, 0.1) is 5.41 Å². The standard InChI is InChI=1S/C18H21N/c1-13(12-14(2)18(3,4)5)17-16-9-7-6-8-15(16)10-11-19-17/h6-12H,1H2,2-5H3/b14-12+. The van der Waals surface area contributed by atoms with Gasteiger partial charge in [0.15, 0.2) is 0 Å². The van der Waals surface area contributed by atoms with Gasteiger partial charge in [-0.1, -0.05) is 63.3 Å². The van der Waals surface area contributed by atoms with E-state index in [0.717, 1.165) is 16.7 Å². The Morgan fingerprint density at radius 2 is 1.84 bits per heavy atom. The molecule has 0 saturated carbocycles. The van der Waals surface area contributed by atoms with Crippen LogP contribution in [0.4, 0.5) is 0 Å². The van der Waals surface area contributed by atoms with Gasteiger partial charge in [0.1, 0.15) is 0 Å². The SMILES string of the molecule is C=C(/C=C(\C)C(C)(C)C)c1nccc2ccccc12. The molecule has 0 atom stereocenters. The van der Waals surface area contributed by atoms with Crippen molar-refractivity contribution in [3.8, 4) is 0 Å². The van der Waals surface area contributed by atoms with Crippen molar-refractivity contribution in [3.63, 3.8) is 0 Å². The number of aromatic nitrogens is 1. The summed E-state index contributed by atoms with van der Waals surface area (Å²) in [6.07, 6.45) is 4.00. The molecule has 0 aliphatic carbocycles. The quantitative estimate of drug-likeness (QED) is 0.665. The summed E-state index contributed by atoms with van der Waals surface area (Å²) in [5.74, 6) is 0. The van der Waals surface area contributed by atoms with Crippen molar-refractivity contribution < 1.29 is 0 Å². The van der Waals surface area contributed by atoms with E-state index in [1.807, 2.05) is 24.4 Å². The first-order chi connectivity index (χ1) is 8.89. The summed E-state index contributed by atoms with van der Waals surface area (Å²) in [5.41, 5.74) is 3.42. The average molecular weight is 251 g/mol. The predicted molar refractivity (Wildman–Crippen MR) is 84.0 cm³/mol. The summed E-state index contributed by atoms with van der Waals surface area (Å²) in [6.45, 7) is 13.0. The molecular formula is C18H21N. The first kappa shape index (κ1) is 13.5. The molecule has 0 radical (unpaired) electrons. The normalized spacial score (nSPS) is 12.7. The van der Waals surface area contributed by atoms with Crippen LogP contribution >= 0.6 is 0 Å². The van der Waals surface area contributed by atoms with Crippen molar-refractivity contribution in [2.24, 2.45) is 5.41 Å². The van der Waals surface area contributed by atoms with Gasteiger partial charge in [-0.3, -0.25) is 4.98 Å². The van der Waals surface area contributed by atoms with Crippen molar-refractivity contribution in [1.82, 2.24) is 4.98 Å². The number of nitrogens with zero attached hydrogens (tertiary/aromatic N) is 1. The fourth-order valence-electron chi connectivity index (χ4n) is 1.92. The van der Waals surface area contributed by atoms with E-state index >= 15 is 0 Å². The van der Waals surface area contributed by atoms with Gasteiger partial charge in [0.05, 0.1) is 5.69 Å². The van der Waals surface area contributed by atoms with E-state index in [-0.39, 0.29) is 5.41 Å². The van der Waals surface area contributed by atoms with E-state index in [1.54, 1.807) is 0 Å². The van der Waals surface area contributed by atoms with Gasteiger partial charge in [0.2, 0.25) is 0 Å². The minimum absolute atomic E-state index is 0.160. The van der Waals surface area contributed by atoms with Crippen LogP contribution in [0.25, 0.3) is 16.3 Å². The smallest absolute Gasteiger partial charge is 0.0774 e. The van der Waals surface area contributed by atoms with Crippen molar-refractivity contribution in [2.45, 2.75) is 27.7 Å². The molecule has 0 spiro atoms. The van der Waals surface area contributed by atoms with Crippen molar-refractivity contribution >= 4 is 16.3 Å². The maximum atomic E-state index is 4.50. The highest BCUT2D eigenvalue weighted by molar-refractivity contribution is 5.93. The lowest BCUT2D eigenvalue weighted by Gasteiger charge is -2.20. The third kappa shape index (κ3) is 2.93. The Kier molecular flexibility index (Phi) is 3.57. The predicted octanol–water partition coefficient (Wildman–Crippen LogP) is 5.24. The largest absolute Gasteiger partial charge is 0.256 e. The van der Waals surface area contributed by atoms with Crippen molar-refractivity contribution in [3.05, 3.63) is 60.5 Å². The molecule has 1 aromatic carbocycles. The highest BCUT2D eigenvalue weighted by Gasteiger charge is 2.13. The van der Waals surface area contributed by atoms with Crippen LogP contribution in [0.1, 0.15) is 33.4 Å². The van der Waals surface area contributed by atoms with E-state index in [9.17, 15) is 0 Å². The molecule has 1 heterocycles. The van der Waals surface area contributed by atoms with Crippen molar-refractivity contribution in [2.75, 3.05) is 0 Å². The Balaban J connectivity index is 2.49. The Morgan fingerprint density at radius 3 is 2.53 bits per heavy atom. The van der Waals surface area contributed by atoms with Crippen LogP contribution in [0.2, 0.25) is 0 Å². The van der Waals surface area contributed by atoms with Gasteiger partial charge >= 0.3 is 0 Å². The number of allylic oxidation sites excluding steroid dienone is 3. The van der Waals surface area contributed by atoms with E-state index in [0.29, 0.717) is 0 Å². The molecule has 1 heteroatoms. The van der Waals surface area contributed by atoms with Gasteiger partial charge in [-0.25, -0.2) is 0 Å². The lowest BCUT2D eigenvalue weighted by atomic mass is 9.86. The Bertz CT molecular complexity index is 637. The summed E-state index contributed by atoms with van der Waals surface area (Å²) < 4.78 is 0. The molecule has 0 fully saturated rings. The first-order valence-electron chi connectivity index (χ1n) is 6.61. The molecule has 2 aromatic rings. The molecule has 0 aliphatic rings. The zero-order valence-electron chi connectivity index (χ0n) is 12.2. The van der Waals surface area contributed by atoms with Crippen molar-refractivity contribution in [1.29, 1.82) is 0 Å². The molecule has 0 amide bonds. The summed E-state index contributed by atoms with van der Waals surface area (Å²) in [4.78, 5) is 4.50. The minimum Gasteiger partial charge on any atom is -0.256 e. The van der Waals surface area contributed by atoms with E-state index in [1.165, 1.54) is 11.0 Å². The zero-order chi connectivity index (χ0) is 14.0. The fraction of sp³-hybridized carbons (Fsp3) is 0.278. The lowest BCUT2D eigenvalue weighted by Crippen LogP contribution is -2.06. The molecule has 0 bridgehead atoms. The summed E-state index contributed by atoms with van der Waals surface area (Å²) in [6, 6.07) is 10.3. The molecule has 98 valence electrons. The number of fused-ring (bicyclic) bond motifs is 1. The van der Waals surface area contributed by atoms with Gasteiger partial charge in [-0.15, -0.1) is 0 Å². The molecule has 0 unspecified atom stereocenters. The van der Waals surface area contributed by atoms with Crippen LogP contribution in [-0.2, 0) is 0 Å². The number of benzene rings is 1. The van der Waals surface area contributed by atoms with Crippen LogP contribution in [0.15, 0.2) is 54.8 Å². The van der Waals surface area contributed by atoms with Crippen LogP contribution in [-0.4, -0.2) is 4.98 Å². The number of hydrogen-bond donors (Lipinski definition) is 0. The highest BCUT2D eigenvalue weighted by atomic mass is 14.7. The molecule has 2 rings (SSSR count). The maximum absolute atomic E-state index is 4.50. The first-order valence-corrected chi connectivity index (χ1v) is 6.61. The number of rotatable bonds is 2.